The van der Waals surface area contributed by atoms with Crippen molar-refractivity contribution in [1.82, 2.24) is 4.98 Å². The molecular weight excluding hydrogens is 218 g/mol. The Bertz CT molecular complexity index is 450. The average Bonchev–Trinajstić information content (AvgIpc) is 2.15. The van der Waals surface area contributed by atoms with Gasteiger partial charge in [-0.2, -0.15) is 0 Å². The summed E-state index contributed by atoms with van der Waals surface area (Å²) in [7, 11) is -1.82. The lowest BCUT2D eigenvalue weighted by Gasteiger charge is -2.00. The molecule has 5 nitrogen and oxygen atoms in total. The van der Waals surface area contributed by atoms with Crippen molar-refractivity contribution in [2.45, 2.75) is 5.75 Å². The second kappa shape index (κ2) is 4.39. The van der Waals surface area contributed by atoms with Crippen LogP contribution in [0.15, 0.2) is 18.3 Å². The van der Waals surface area contributed by atoms with Crippen molar-refractivity contribution in [3.63, 3.8) is 0 Å². The van der Waals surface area contributed by atoms with Gasteiger partial charge in [0, 0.05) is 12.5 Å². The van der Waals surface area contributed by atoms with Crippen LogP contribution in [-0.4, -0.2) is 32.7 Å². The molecule has 1 rings (SSSR count). The highest BCUT2D eigenvalue weighted by atomic mass is 32.2. The Kier molecular flexibility index (Phi) is 3.41. The monoisotopic (exact) mass is 229 g/mol. The number of pyridine rings is 1. The summed E-state index contributed by atoms with van der Waals surface area (Å²) in [5, 5.41) is 0. The minimum atomic E-state index is -3.09. The Balaban J connectivity index is 2.86. The molecule has 15 heavy (non-hydrogen) atoms. The molecule has 0 N–H and O–H groups in total. The van der Waals surface area contributed by atoms with E-state index in [0.717, 1.165) is 6.26 Å². The number of carbonyl (C=O) groups is 1. The smallest absolute Gasteiger partial charge is 0.339 e. The third-order valence-electron chi connectivity index (χ3n) is 1.66. The van der Waals surface area contributed by atoms with E-state index in [2.05, 4.69) is 9.72 Å². The lowest BCUT2D eigenvalue weighted by Crippen LogP contribution is -2.05. The molecule has 0 aliphatic heterocycles. The molecule has 0 atom stereocenters. The molecule has 1 aromatic heterocycles. The van der Waals surface area contributed by atoms with Crippen molar-refractivity contribution < 1.29 is 17.9 Å². The van der Waals surface area contributed by atoms with Crippen molar-refractivity contribution in [2.24, 2.45) is 0 Å². The molecule has 0 bridgehead atoms. The second-order valence-electron chi connectivity index (χ2n) is 3.10. The van der Waals surface area contributed by atoms with Crippen molar-refractivity contribution >= 4 is 15.8 Å². The van der Waals surface area contributed by atoms with Crippen LogP contribution in [0.4, 0.5) is 0 Å². The number of nitrogens with zero attached hydrogens (tertiary/aromatic N) is 1. The van der Waals surface area contributed by atoms with Crippen molar-refractivity contribution in [3.8, 4) is 0 Å². The van der Waals surface area contributed by atoms with Crippen LogP contribution < -0.4 is 0 Å². The van der Waals surface area contributed by atoms with Gasteiger partial charge in [-0.1, -0.05) is 0 Å². The number of sulfone groups is 1. The number of aromatic nitrogens is 1. The van der Waals surface area contributed by atoms with Crippen molar-refractivity contribution in [1.29, 1.82) is 0 Å². The van der Waals surface area contributed by atoms with Crippen LogP contribution in [0.5, 0.6) is 0 Å². The Morgan fingerprint density at radius 3 is 2.53 bits per heavy atom. The van der Waals surface area contributed by atoms with Crippen LogP contribution in [0.1, 0.15) is 16.1 Å². The van der Waals surface area contributed by atoms with Crippen molar-refractivity contribution in [3.05, 3.63) is 29.6 Å². The van der Waals surface area contributed by atoms with E-state index in [4.69, 9.17) is 0 Å². The Morgan fingerprint density at radius 1 is 1.47 bits per heavy atom. The highest BCUT2D eigenvalue weighted by Crippen LogP contribution is 2.04. The van der Waals surface area contributed by atoms with Crippen LogP contribution in [0, 0.1) is 0 Å². The molecule has 0 unspecified atom stereocenters. The molecule has 0 amide bonds. The SMILES string of the molecule is COC(=O)c1ccc(CS(C)(=O)=O)nc1. The predicted octanol–water partition coefficient (Wildman–Crippen LogP) is 0.413. The number of carbonyl (C=O) groups excluding carboxylic acids is 1. The van der Waals surface area contributed by atoms with Gasteiger partial charge in [-0.15, -0.1) is 0 Å². The van der Waals surface area contributed by atoms with Crippen LogP contribution >= 0.6 is 0 Å². The number of hydrogen-bond acceptors (Lipinski definition) is 5. The van der Waals surface area contributed by atoms with Gasteiger partial charge in [-0.25, -0.2) is 13.2 Å². The highest BCUT2D eigenvalue weighted by Gasteiger charge is 2.08. The molecule has 0 saturated carbocycles. The summed E-state index contributed by atoms with van der Waals surface area (Å²) in [6.45, 7) is 0. The van der Waals surface area contributed by atoms with E-state index in [9.17, 15) is 13.2 Å². The zero-order valence-corrected chi connectivity index (χ0v) is 9.24. The summed E-state index contributed by atoms with van der Waals surface area (Å²) < 4.78 is 26.4. The van der Waals surface area contributed by atoms with Crippen LogP contribution in [0.3, 0.4) is 0 Å². The summed E-state index contributed by atoms with van der Waals surface area (Å²) in [6.07, 6.45) is 2.43. The van der Waals surface area contributed by atoms with E-state index in [0.29, 0.717) is 11.3 Å². The van der Waals surface area contributed by atoms with Crippen molar-refractivity contribution in [2.75, 3.05) is 13.4 Å². The number of esters is 1. The molecular formula is C9H11NO4S. The molecule has 1 heterocycles. The van der Waals surface area contributed by atoms with Gasteiger partial charge in [-0.05, 0) is 12.1 Å². The van der Waals surface area contributed by atoms with Gasteiger partial charge < -0.3 is 4.74 Å². The summed E-state index contributed by atoms with van der Waals surface area (Å²) >= 11 is 0. The maximum Gasteiger partial charge on any atom is 0.339 e. The molecule has 0 aromatic carbocycles. The standard InChI is InChI=1S/C9H11NO4S/c1-14-9(11)7-3-4-8(10-5-7)6-15(2,12)13/h3-5H,6H2,1-2H3. The summed E-state index contributed by atoms with van der Waals surface area (Å²) in [5.74, 6) is -0.623. The topological polar surface area (TPSA) is 73.3 Å². The fourth-order valence-corrected chi connectivity index (χ4v) is 1.73. The summed E-state index contributed by atoms with van der Waals surface area (Å²) in [6, 6.07) is 2.98. The summed E-state index contributed by atoms with van der Waals surface area (Å²) in [5.41, 5.74) is 0.708. The largest absolute Gasteiger partial charge is 0.465 e. The first-order chi connectivity index (χ1) is 6.92. The first-order valence-electron chi connectivity index (χ1n) is 4.13. The summed E-state index contributed by atoms with van der Waals surface area (Å²) in [4.78, 5) is 14.9. The second-order valence-corrected chi connectivity index (χ2v) is 5.24. The fraction of sp³-hybridized carbons (Fsp3) is 0.333. The minimum absolute atomic E-state index is 0.131. The first kappa shape index (κ1) is 11.6. The first-order valence-corrected chi connectivity index (χ1v) is 6.19. The lowest BCUT2D eigenvalue weighted by molar-refractivity contribution is 0.0600. The zero-order valence-electron chi connectivity index (χ0n) is 8.43. The Labute approximate surface area is 88.0 Å². The third-order valence-corrected chi connectivity index (χ3v) is 2.48. The molecule has 0 fully saturated rings. The molecule has 0 aliphatic rings. The molecule has 1 aromatic rings. The van der Waals surface area contributed by atoms with Gasteiger partial charge in [0.1, 0.15) is 0 Å². The molecule has 0 aliphatic carbocycles. The quantitative estimate of drug-likeness (QED) is 0.702. The fourth-order valence-electron chi connectivity index (χ4n) is 1.02. The van der Waals surface area contributed by atoms with E-state index in [-0.39, 0.29) is 5.75 Å². The van der Waals surface area contributed by atoms with E-state index in [1.165, 1.54) is 25.4 Å². The third kappa shape index (κ3) is 3.67. The van der Waals surface area contributed by atoms with E-state index < -0.39 is 15.8 Å². The highest BCUT2D eigenvalue weighted by molar-refractivity contribution is 7.89. The number of hydrogen-bond donors (Lipinski definition) is 0. The van der Waals surface area contributed by atoms with Gasteiger partial charge in [0.15, 0.2) is 9.84 Å². The van der Waals surface area contributed by atoms with Gasteiger partial charge in [0.05, 0.1) is 24.1 Å². The van der Waals surface area contributed by atoms with Crippen LogP contribution in [0.25, 0.3) is 0 Å². The van der Waals surface area contributed by atoms with Gasteiger partial charge >= 0.3 is 5.97 Å². The van der Waals surface area contributed by atoms with Crippen LogP contribution in [-0.2, 0) is 20.3 Å². The normalized spacial score (nSPS) is 11.1. The van der Waals surface area contributed by atoms with Gasteiger partial charge in [0.2, 0.25) is 0 Å². The molecule has 6 heteroatoms. The number of rotatable bonds is 3. The van der Waals surface area contributed by atoms with Gasteiger partial charge in [0.25, 0.3) is 0 Å². The number of methoxy groups -OCH3 is 1. The molecule has 0 saturated heterocycles. The molecule has 0 radical (unpaired) electrons. The Morgan fingerprint density at radius 2 is 2.13 bits per heavy atom. The number of ether oxygens (including phenoxy) is 1. The van der Waals surface area contributed by atoms with E-state index in [1.807, 2.05) is 0 Å². The predicted molar refractivity (Wildman–Crippen MR) is 54.1 cm³/mol. The van der Waals surface area contributed by atoms with Gasteiger partial charge in [-0.3, -0.25) is 4.98 Å². The molecule has 0 spiro atoms. The van der Waals surface area contributed by atoms with E-state index in [1.54, 1.807) is 0 Å². The van der Waals surface area contributed by atoms with Crippen LogP contribution in [0.2, 0.25) is 0 Å². The average molecular weight is 229 g/mol. The maximum atomic E-state index is 11.0. The lowest BCUT2D eigenvalue weighted by atomic mass is 10.2. The van der Waals surface area contributed by atoms with E-state index >= 15 is 0 Å². The maximum absolute atomic E-state index is 11.0. The molecule has 82 valence electrons. The minimum Gasteiger partial charge on any atom is -0.465 e. The Hall–Kier alpha value is -1.43. The zero-order chi connectivity index (χ0) is 11.5.